The molecule has 0 atom stereocenters. The first-order chi connectivity index (χ1) is 9.59. The van der Waals surface area contributed by atoms with E-state index in [1.807, 2.05) is 24.3 Å². The van der Waals surface area contributed by atoms with Crippen molar-refractivity contribution in [2.45, 2.75) is 45.6 Å². The first kappa shape index (κ1) is 13.6. The number of benzene rings is 1. The molecule has 0 amide bonds. The van der Waals surface area contributed by atoms with E-state index in [1.165, 1.54) is 32.1 Å². The van der Waals surface area contributed by atoms with Crippen LogP contribution in [0.4, 0.5) is 0 Å². The molecule has 0 saturated heterocycles. The first-order valence-electron chi connectivity index (χ1n) is 7.31. The van der Waals surface area contributed by atoms with Crippen molar-refractivity contribution in [2.75, 3.05) is 0 Å². The van der Waals surface area contributed by atoms with Crippen molar-refractivity contribution < 1.29 is 0 Å². The van der Waals surface area contributed by atoms with E-state index in [1.54, 1.807) is 4.57 Å². The van der Waals surface area contributed by atoms with Crippen molar-refractivity contribution in [3.05, 3.63) is 39.4 Å². The van der Waals surface area contributed by atoms with Gasteiger partial charge in [-0.3, -0.25) is 9.36 Å². The number of para-hydroxylation sites is 1. The Morgan fingerprint density at radius 2 is 1.95 bits per heavy atom. The SMILES string of the molecule is CC1(Cn2c(=S)[nH]c3ccccc3c2=O)CCCCC1. The zero-order chi connectivity index (χ0) is 14.2. The molecule has 1 saturated carbocycles. The second-order valence-electron chi connectivity index (χ2n) is 6.24. The van der Waals surface area contributed by atoms with Gasteiger partial charge in [0, 0.05) is 6.54 Å². The topological polar surface area (TPSA) is 37.8 Å². The molecule has 106 valence electrons. The summed E-state index contributed by atoms with van der Waals surface area (Å²) in [5.41, 5.74) is 1.06. The molecular weight excluding hydrogens is 268 g/mol. The third-order valence-electron chi connectivity index (χ3n) is 4.49. The fourth-order valence-corrected chi connectivity index (χ4v) is 3.55. The van der Waals surface area contributed by atoms with Gasteiger partial charge in [-0.25, -0.2) is 0 Å². The molecule has 0 unspecified atom stereocenters. The number of H-pyrrole nitrogens is 1. The van der Waals surface area contributed by atoms with Crippen molar-refractivity contribution in [3.8, 4) is 0 Å². The third kappa shape index (κ3) is 2.44. The molecule has 3 rings (SSSR count). The summed E-state index contributed by atoms with van der Waals surface area (Å²) in [6, 6.07) is 7.58. The lowest BCUT2D eigenvalue weighted by Crippen LogP contribution is -2.33. The first-order valence-corrected chi connectivity index (χ1v) is 7.72. The van der Waals surface area contributed by atoms with E-state index in [2.05, 4.69) is 11.9 Å². The lowest BCUT2D eigenvalue weighted by Gasteiger charge is -2.34. The Morgan fingerprint density at radius 3 is 2.70 bits per heavy atom. The summed E-state index contributed by atoms with van der Waals surface area (Å²) >= 11 is 5.39. The van der Waals surface area contributed by atoms with Crippen LogP contribution in [-0.4, -0.2) is 9.55 Å². The van der Waals surface area contributed by atoms with Crippen LogP contribution in [0, 0.1) is 10.2 Å². The molecule has 1 aromatic carbocycles. The predicted molar refractivity (Wildman–Crippen MR) is 84.6 cm³/mol. The maximum Gasteiger partial charge on any atom is 0.262 e. The molecule has 1 aromatic heterocycles. The summed E-state index contributed by atoms with van der Waals surface area (Å²) in [6.07, 6.45) is 6.20. The minimum Gasteiger partial charge on any atom is -0.332 e. The van der Waals surface area contributed by atoms with Crippen LogP contribution in [0.1, 0.15) is 39.0 Å². The average molecular weight is 288 g/mol. The van der Waals surface area contributed by atoms with Gasteiger partial charge in [0.15, 0.2) is 4.77 Å². The highest BCUT2D eigenvalue weighted by atomic mass is 32.1. The Morgan fingerprint density at radius 1 is 1.25 bits per heavy atom. The van der Waals surface area contributed by atoms with Gasteiger partial charge in [0.2, 0.25) is 0 Å². The lowest BCUT2D eigenvalue weighted by atomic mass is 9.75. The zero-order valence-corrected chi connectivity index (χ0v) is 12.6. The minimum absolute atomic E-state index is 0.0381. The second kappa shape index (κ2) is 5.17. The lowest BCUT2D eigenvalue weighted by molar-refractivity contribution is 0.180. The van der Waals surface area contributed by atoms with Crippen molar-refractivity contribution in [3.63, 3.8) is 0 Å². The monoisotopic (exact) mass is 288 g/mol. The summed E-state index contributed by atoms with van der Waals surface area (Å²) in [6.45, 7) is 3.01. The molecule has 4 heteroatoms. The normalized spacial score (nSPS) is 18.2. The fourth-order valence-electron chi connectivity index (χ4n) is 3.29. The average Bonchev–Trinajstić information content (AvgIpc) is 2.44. The number of aromatic nitrogens is 2. The van der Waals surface area contributed by atoms with Gasteiger partial charge in [-0.15, -0.1) is 0 Å². The molecule has 1 aliphatic rings. The van der Waals surface area contributed by atoms with Gasteiger partial charge in [0.1, 0.15) is 0 Å². The highest BCUT2D eigenvalue weighted by Gasteiger charge is 2.28. The van der Waals surface area contributed by atoms with Crippen LogP contribution < -0.4 is 5.56 Å². The van der Waals surface area contributed by atoms with Crippen LogP contribution in [0.15, 0.2) is 29.1 Å². The Hall–Kier alpha value is -1.42. The maximum absolute atomic E-state index is 12.6. The van der Waals surface area contributed by atoms with Crippen LogP contribution >= 0.6 is 12.2 Å². The molecule has 1 N–H and O–H groups in total. The molecule has 20 heavy (non-hydrogen) atoms. The van der Waals surface area contributed by atoms with E-state index in [0.29, 0.717) is 4.77 Å². The van der Waals surface area contributed by atoms with Crippen LogP contribution in [0.3, 0.4) is 0 Å². The summed E-state index contributed by atoms with van der Waals surface area (Å²) in [7, 11) is 0. The molecule has 0 spiro atoms. The van der Waals surface area contributed by atoms with Gasteiger partial charge >= 0.3 is 0 Å². The number of rotatable bonds is 2. The number of nitrogens with one attached hydrogen (secondary N) is 1. The highest BCUT2D eigenvalue weighted by Crippen LogP contribution is 2.36. The van der Waals surface area contributed by atoms with Crippen LogP contribution in [0.2, 0.25) is 0 Å². The van der Waals surface area contributed by atoms with E-state index >= 15 is 0 Å². The van der Waals surface area contributed by atoms with Gasteiger partial charge < -0.3 is 4.98 Å². The number of hydrogen-bond donors (Lipinski definition) is 1. The number of aromatic amines is 1. The highest BCUT2D eigenvalue weighted by molar-refractivity contribution is 7.71. The predicted octanol–water partition coefficient (Wildman–Crippen LogP) is 4.03. The molecule has 1 heterocycles. The van der Waals surface area contributed by atoms with Gasteiger partial charge in [-0.1, -0.05) is 38.3 Å². The largest absolute Gasteiger partial charge is 0.332 e. The molecule has 1 aliphatic carbocycles. The molecule has 0 aliphatic heterocycles. The quantitative estimate of drug-likeness (QED) is 0.847. The Balaban J connectivity index is 2.07. The summed E-state index contributed by atoms with van der Waals surface area (Å²) in [4.78, 5) is 15.8. The standard InChI is InChI=1S/C16H20N2OS/c1-16(9-5-2-6-10-16)11-18-14(19)12-7-3-4-8-13(12)17-15(18)20/h3-4,7-8H,2,5-6,9-11H2,1H3,(H,17,20). The maximum atomic E-state index is 12.6. The molecule has 2 aromatic rings. The van der Waals surface area contributed by atoms with Gasteiger partial charge in [0.05, 0.1) is 10.9 Å². The zero-order valence-electron chi connectivity index (χ0n) is 11.8. The van der Waals surface area contributed by atoms with Crippen molar-refractivity contribution >= 4 is 23.1 Å². The van der Waals surface area contributed by atoms with E-state index in [4.69, 9.17) is 12.2 Å². The van der Waals surface area contributed by atoms with Gasteiger partial charge in [0.25, 0.3) is 5.56 Å². The summed E-state index contributed by atoms with van der Waals surface area (Å²) in [5, 5.41) is 0.723. The van der Waals surface area contributed by atoms with E-state index in [-0.39, 0.29) is 11.0 Å². The molecule has 0 bridgehead atoms. The number of fused-ring (bicyclic) bond motifs is 1. The smallest absolute Gasteiger partial charge is 0.262 e. The Kier molecular flexibility index (Phi) is 3.50. The van der Waals surface area contributed by atoms with Crippen LogP contribution in [0.5, 0.6) is 0 Å². The van der Waals surface area contributed by atoms with Gasteiger partial charge in [-0.2, -0.15) is 0 Å². The van der Waals surface area contributed by atoms with Crippen LogP contribution in [-0.2, 0) is 6.54 Å². The second-order valence-corrected chi connectivity index (χ2v) is 6.63. The van der Waals surface area contributed by atoms with Crippen molar-refractivity contribution in [2.24, 2.45) is 5.41 Å². The third-order valence-corrected chi connectivity index (χ3v) is 4.81. The Labute approximate surface area is 123 Å². The summed E-state index contributed by atoms with van der Waals surface area (Å²) < 4.78 is 2.30. The Bertz CT molecular complexity index is 738. The van der Waals surface area contributed by atoms with Crippen molar-refractivity contribution in [1.29, 1.82) is 0 Å². The van der Waals surface area contributed by atoms with E-state index in [9.17, 15) is 4.79 Å². The molecule has 0 radical (unpaired) electrons. The fraction of sp³-hybridized carbons (Fsp3) is 0.500. The molecular formula is C16H20N2OS. The van der Waals surface area contributed by atoms with Gasteiger partial charge in [-0.05, 0) is 42.6 Å². The van der Waals surface area contributed by atoms with E-state index < -0.39 is 0 Å². The molecule has 3 nitrogen and oxygen atoms in total. The number of hydrogen-bond acceptors (Lipinski definition) is 2. The minimum atomic E-state index is 0.0381. The molecule has 1 fully saturated rings. The van der Waals surface area contributed by atoms with Crippen molar-refractivity contribution in [1.82, 2.24) is 9.55 Å². The summed E-state index contributed by atoms with van der Waals surface area (Å²) in [5.74, 6) is 0. The van der Waals surface area contributed by atoms with Crippen LogP contribution in [0.25, 0.3) is 10.9 Å². The van der Waals surface area contributed by atoms with E-state index in [0.717, 1.165) is 17.4 Å². The number of nitrogens with zero attached hydrogens (tertiary/aromatic N) is 1.